The molecular weight excluding hydrogens is 291 g/mol. The van der Waals surface area contributed by atoms with Crippen molar-refractivity contribution in [2.45, 2.75) is 18.9 Å². The summed E-state index contributed by atoms with van der Waals surface area (Å²) in [5.41, 5.74) is 3.62. The molecule has 108 valence electrons. The lowest BCUT2D eigenvalue weighted by Gasteiger charge is -2.40. The fourth-order valence-electron chi connectivity index (χ4n) is 3.28. The van der Waals surface area contributed by atoms with Gasteiger partial charge in [0.1, 0.15) is 5.82 Å². The van der Waals surface area contributed by atoms with Gasteiger partial charge >= 0.3 is 0 Å². The maximum Gasteiger partial charge on any atom is 0.256 e. The SMILES string of the molecule is Cl.O=C1c2cccnc2CC2c3ccc(F)cc3CCN12. The average Bonchev–Trinajstić information content (AvgIpc) is 2.47. The minimum Gasteiger partial charge on any atom is -0.331 e. The van der Waals surface area contributed by atoms with E-state index < -0.39 is 0 Å². The third-order valence-corrected chi connectivity index (χ3v) is 4.23. The van der Waals surface area contributed by atoms with Crippen molar-refractivity contribution in [2.24, 2.45) is 0 Å². The minimum atomic E-state index is -0.210. The van der Waals surface area contributed by atoms with Crippen LogP contribution < -0.4 is 0 Å². The summed E-state index contributed by atoms with van der Waals surface area (Å²) in [5, 5.41) is 0. The number of halogens is 2. The van der Waals surface area contributed by atoms with Gasteiger partial charge in [0.25, 0.3) is 5.91 Å². The van der Waals surface area contributed by atoms with E-state index in [1.54, 1.807) is 18.3 Å². The van der Waals surface area contributed by atoms with Gasteiger partial charge in [-0.3, -0.25) is 9.78 Å². The number of nitrogens with zero attached hydrogens (tertiary/aromatic N) is 2. The van der Waals surface area contributed by atoms with Gasteiger partial charge in [-0.2, -0.15) is 0 Å². The summed E-state index contributed by atoms with van der Waals surface area (Å²) >= 11 is 0. The second-order valence-corrected chi connectivity index (χ2v) is 5.31. The molecule has 0 radical (unpaired) electrons. The largest absolute Gasteiger partial charge is 0.331 e. The van der Waals surface area contributed by atoms with E-state index >= 15 is 0 Å². The molecule has 0 N–H and O–H groups in total. The van der Waals surface area contributed by atoms with Crippen molar-refractivity contribution < 1.29 is 9.18 Å². The third kappa shape index (κ3) is 2.10. The van der Waals surface area contributed by atoms with Crippen molar-refractivity contribution >= 4 is 18.3 Å². The second-order valence-electron chi connectivity index (χ2n) is 5.31. The van der Waals surface area contributed by atoms with Gasteiger partial charge in [-0.15, -0.1) is 12.4 Å². The predicted molar refractivity (Wildman–Crippen MR) is 79.1 cm³/mol. The monoisotopic (exact) mass is 304 g/mol. The molecule has 2 aliphatic rings. The number of amides is 1. The lowest BCUT2D eigenvalue weighted by molar-refractivity contribution is 0.0628. The normalized spacial score (nSPS) is 19.2. The van der Waals surface area contributed by atoms with Crippen LogP contribution in [0.4, 0.5) is 4.39 Å². The number of fused-ring (bicyclic) bond motifs is 4. The Bertz CT molecular complexity index is 719. The van der Waals surface area contributed by atoms with Gasteiger partial charge in [0.2, 0.25) is 0 Å². The van der Waals surface area contributed by atoms with Gasteiger partial charge in [0.15, 0.2) is 0 Å². The third-order valence-electron chi connectivity index (χ3n) is 4.23. The van der Waals surface area contributed by atoms with Crippen LogP contribution in [-0.2, 0) is 12.8 Å². The molecule has 2 aromatic rings. The van der Waals surface area contributed by atoms with E-state index in [2.05, 4.69) is 4.98 Å². The Morgan fingerprint density at radius 1 is 1.29 bits per heavy atom. The van der Waals surface area contributed by atoms with Crippen LogP contribution in [0.15, 0.2) is 36.5 Å². The van der Waals surface area contributed by atoms with Crippen LogP contribution in [0.5, 0.6) is 0 Å². The molecule has 3 heterocycles. The number of hydrogen-bond donors (Lipinski definition) is 0. The predicted octanol–water partition coefficient (Wildman–Crippen LogP) is 2.94. The number of pyridine rings is 1. The highest BCUT2D eigenvalue weighted by Gasteiger charge is 2.37. The lowest BCUT2D eigenvalue weighted by atomic mass is 9.85. The van der Waals surface area contributed by atoms with Crippen LogP contribution in [0.25, 0.3) is 0 Å². The molecule has 0 aliphatic carbocycles. The summed E-state index contributed by atoms with van der Waals surface area (Å²) in [6.07, 6.45) is 3.14. The average molecular weight is 305 g/mol. The molecule has 1 unspecified atom stereocenters. The van der Waals surface area contributed by atoms with E-state index in [9.17, 15) is 9.18 Å². The molecule has 5 heteroatoms. The Balaban J connectivity index is 0.00000132. The van der Waals surface area contributed by atoms with E-state index in [-0.39, 0.29) is 30.2 Å². The highest BCUT2D eigenvalue weighted by molar-refractivity contribution is 5.96. The van der Waals surface area contributed by atoms with Crippen molar-refractivity contribution in [2.75, 3.05) is 6.54 Å². The number of rotatable bonds is 0. The highest BCUT2D eigenvalue weighted by Crippen LogP contribution is 2.37. The molecule has 1 aromatic heterocycles. The van der Waals surface area contributed by atoms with Crippen LogP contribution in [-0.4, -0.2) is 22.3 Å². The molecule has 0 bridgehead atoms. The molecule has 0 fully saturated rings. The Morgan fingerprint density at radius 2 is 2.14 bits per heavy atom. The van der Waals surface area contributed by atoms with Crippen LogP contribution in [0.1, 0.15) is 33.2 Å². The molecular formula is C16H14ClFN2O. The van der Waals surface area contributed by atoms with Crippen molar-refractivity contribution in [3.8, 4) is 0 Å². The Kier molecular flexibility index (Phi) is 3.41. The molecule has 0 saturated carbocycles. The summed E-state index contributed by atoms with van der Waals surface area (Å²) in [7, 11) is 0. The van der Waals surface area contributed by atoms with E-state index in [4.69, 9.17) is 0 Å². The summed E-state index contributed by atoms with van der Waals surface area (Å²) < 4.78 is 13.3. The van der Waals surface area contributed by atoms with Gasteiger partial charge in [0, 0.05) is 19.2 Å². The molecule has 1 amide bonds. The van der Waals surface area contributed by atoms with Gasteiger partial charge < -0.3 is 4.90 Å². The van der Waals surface area contributed by atoms with Crippen LogP contribution in [0.3, 0.4) is 0 Å². The van der Waals surface area contributed by atoms with E-state index in [1.807, 2.05) is 17.0 Å². The van der Waals surface area contributed by atoms with Gasteiger partial charge in [-0.05, 0) is 41.8 Å². The summed E-state index contributed by atoms with van der Waals surface area (Å²) in [6, 6.07) is 8.49. The maximum absolute atomic E-state index is 13.3. The summed E-state index contributed by atoms with van der Waals surface area (Å²) in [5.74, 6) is -0.169. The second kappa shape index (κ2) is 5.11. The summed E-state index contributed by atoms with van der Waals surface area (Å²) in [4.78, 5) is 18.8. The van der Waals surface area contributed by atoms with Crippen molar-refractivity contribution in [3.63, 3.8) is 0 Å². The minimum absolute atomic E-state index is 0. The van der Waals surface area contributed by atoms with E-state index in [0.29, 0.717) is 24.9 Å². The van der Waals surface area contributed by atoms with Gasteiger partial charge in [-0.1, -0.05) is 6.07 Å². The first-order valence-corrected chi connectivity index (χ1v) is 6.77. The summed E-state index contributed by atoms with van der Waals surface area (Å²) in [6.45, 7) is 0.647. The highest BCUT2D eigenvalue weighted by atomic mass is 35.5. The first kappa shape index (κ1) is 14.0. The van der Waals surface area contributed by atoms with Gasteiger partial charge in [0.05, 0.1) is 17.3 Å². The molecule has 3 nitrogen and oxygen atoms in total. The number of aromatic nitrogens is 1. The number of carbonyl (C=O) groups is 1. The van der Waals surface area contributed by atoms with Crippen LogP contribution >= 0.6 is 12.4 Å². The van der Waals surface area contributed by atoms with Crippen LogP contribution in [0.2, 0.25) is 0 Å². The van der Waals surface area contributed by atoms with E-state index in [1.165, 1.54) is 6.07 Å². The first-order valence-electron chi connectivity index (χ1n) is 6.77. The molecule has 21 heavy (non-hydrogen) atoms. The molecule has 4 rings (SSSR count). The van der Waals surface area contributed by atoms with E-state index in [0.717, 1.165) is 16.8 Å². The Labute approximate surface area is 128 Å². The molecule has 0 spiro atoms. The zero-order chi connectivity index (χ0) is 13.7. The number of hydrogen-bond acceptors (Lipinski definition) is 2. The first-order chi connectivity index (χ1) is 9.74. The van der Waals surface area contributed by atoms with Crippen LogP contribution in [0, 0.1) is 5.82 Å². The van der Waals surface area contributed by atoms with Crippen molar-refractivity contribution in [3.05, 3.63) is 64.7 Å². The fourth-order valence-corrected chi connectivity index (χ4v) is 3.28. The molecule has 2 aliphatic heterocycles. The number of benzene rings is 1. The zero-order valence-corrected chi connectivity index (χ0v) is 12.1. The fraction of sp³-hybridized carbons (Fsp3) is 0.250. The standard InChI is InChI=1S/C16H13FN2O.ClH/c17-11-3-4-12-10(8-11)5-7-19-15(12)9-14-13(16(19)20)2-1-6-18-14;/h1-4,6,8,15H,5,7,9H2;1H. The Hall–Kier alpha value is -1.94. The lowest BCUT2D eigenvalue weighted by Crippen LogP contribution is -2.44. The quantitative estimate of drug-likeness (QED) is 0.750. The molecule has 1 aromatic carbocycles. The number of carbonyl (C=O) groups excluding carboxylic acids is 1. The topological polar surface area (TPSA) is 33.2 Å². The maximum atomic E-state index is 13.3. The molecule has 1 atom stereocenters. The Morgan fingerprint density at radius 3 is 3.00 bits per heavy atom. The smallest absolute Gasteiger partial charge is 0.256 e. The van der Waals surface area contributed by atoms with Gasteiger partial charge in [-0.25, -0.2) is 4.39 Å². The zero-order valence-electron chi connectivity index (χ0n) is 11.3. The molecule has 0 saturated heterocycles. The van der Waals surface area contributed by atoms with Crippen molar-refractivity contribution in [1.82, 2.24) is 9.88 Å². The van der Waals surface area contributed by atoms with Crippen molar-refractivity contribution in [1.29, 1.82) is 0 Å².